The Hall–Kier alpha value is -0.640. The van der Waals surface area contributed by atoms with Crippen LogP contribution in [0.4, 0.5) is 0 Å². The van der Waals surface area contributed by atoms with Crippen molar-refractivity contribution in [2.75, 3.05) is 33.0 Å². The van der Waals surface area contributed by atoms with Crippen LogP contribution in [0.1, 0.15) is 25.7 Å². The summed E-state index contributed by atoms with van der Waals surface area (Å²) >= 11 is 0. The van der Waals surface area contributed by atoms with Gasteiger partial charge in [0, 0.05) is 6.61 Å². The topological polar surface area (TPSA) is 263 Å². The summed E-state index contributed by atoms with van der Waals surface area (Å²) in [6.45, 7) is -1.24. The molecule has 0 aromatic carbocycles. The predicted octanol–water partition coefficient (Wildman–Crippen LogP) is -5.39. The number of unbranched alkanes of at least 4 members (excludes halogenated alkanes) is 3. The van der Waals surface area contributed by atoms with Crippen LogP contribution in [-0.4, -0.2) is 165 Å². The Bertz CT molecular complexity index is 704. The molecule has 0 radical (unpaired) electrons. The van der Waals surface area contributed by atoms with E-state index in [9.17, 15) is 46.0 Å². The molecule has 0 amide bonds. The Morgan fingerprint density at radius 1 is 0.513 bits per heavy atom. The third-order valence-corrected chi connectivity index (χ3v) is 7.11. The largest absolute Gasteiger partial charge is 0.394 e. The molecule has 0 spiro atoms. The molecule has 3 rings (SSSR count). The number of ether oxygens (including phenoxy) is 6. The van der Waals surface area contributed by atoms with Gasteiger partial charge in [-0.2, -0.15) is 0 Å². The molecular formula is C23H43NO15. The fourth-order valence-electron chi connectivity index (χ4n) is 4.75. The first-order valence-electron chi connectivity index (χ1n) is 13.2. The van der Waals surface area contributed by atoms with Crippen molar-refractivity contribution in [3.05, 3.63) is 0 Å². The molecule has 3 saturated heterocycles. The number of aliphatic hydroxyl groups is 9. The van der Waals surface area contributed by atoms with Gasteiger partial charge in [-0.25, -0.2) is 0 Å². The fraction of sp³-hybridized carbons (Fsp3) is 1.00. The molecule has 3 fully saturated rings. The van der Waals surface area contributed by atoms with Gasteiger partial charge < -0.3 is 80.1 Å². The zero-order valence-corrected chi connectivity index (χ0v) is 21.5. The second-order valence-electron chi connectivity index (χ2n) is 9.90. The minimum atomic E-state index is -1.77. The molecule has 14 atom stereocenters. The van der Waals surface area contributed by atoms with Crippen LogP contribution < -0.4 is 5.73 Å². The summed E-state index contributed by atoms with van der Waals surface area (Å²) in [5.74, 6) is 0. The Kier molecular flexibility index (Phi) is 13.1. The lowest BCUT2D eigenvalue weighted by molar-refractivity contribution is -0.343. The first kappa shape index (κ1) is 32.9. The molecule has 3 aliphatic rings. The van der Waals surface area contributed by atoms with E-state index in [0.29, 0.717) is 13.0 Å². The van der Waals surface area contributed by atoms with E-state index < -0.39 is 106 Å². The lowest BCUT2D eigenvalue weighted by atomic mass is 9.98. The standard InChI is InChI=1S/C23H43NO15/c24-5-3-1-2-4-6-34-23-20(39-22-18(33)16(31)14(29)11(8-26)36-22)19(12(9-27)37-23)38-21-17(32)15(30)13(28)10(7-25)35-21/h10-23,25-33H,1-9,24H2/t10-,11-,12-,13-,14-,15+,16+,17+,18+,19-,20+,21-,22-,23+/m1/s1. The SMILES string of the molecule is NCCCCCCO[C@H]1O[C@H](CO)[C@@H](O[C@H]2O[C@H](CO)[C@@H](O)[C@H](O)[C@@H]2O)[C@@H]1O[C@H]1O[C@H](CO)[C@@H](O)[C@H](O)[C@@H]1O. The average Bonchev–Trinajstić information content (AvgIpc) is 3.26. The Morgan fingerprint density at radius 2 is 0.974 bits per heavy atom. The van der Waals surface area contributed by atoms with Gasteiger partial charge in [0.05, 0.1) is 19.8 Å². The maximum Gasteiger partial charge on any atom is 0.187 e. The second kappa shape index (κ2) is 15.5. The van der Waals surface area contributed by atoms with Gasteiger partial charge in [-0.1, -0.05) is 12.8 Å². The van der Waals surface area contributed by atoms with Gasteiger partial charge in [0.15, 0.2) is 18.9 Å². The highest BCUT2D eigenvalue weighted by Crippen LogP contribution is 2.34. The number of nitrogens with two attached hydrogens (primary N) is 1. The van der Waals surface area contributed by atoms with Gasteiger partial charge in [-0.05, 0) is 19.4 Å². The number of hydrogen-bond acceptors (Lipinski definition) is 16. The Labute approximate surface area is 225 Å². The van der Waals surface area contributed by atoms with Crippen molar-refractivity contribution < 1.29 is 74.4 Å². The van der Waals surface area contributed by atoms with E-state index in [0.717, 1.165) is 19.3 Å². The summed E-state index contributed by atoms with van der Waals surface area (Å²) in [5.41, 5.74) is 5.51. The highest BCUT2D eigenvalue weighted by atomic mass is 16.8. The first-order chi connectivity index (χ1) is 18.7. The lowest BCUT2D eigenvalue weighted by Crippen LogP contribution is -2.62. The van der Waals surface area contributed by atoms with Gasteiger partial charge in [0.25, 0.3) is 0 Å². The van der Waals surface area contributed by atoms with Gasteiger partial charge in [0.1, 0.15) is 67.1 Å². The summed E-state index contributed by atoms with van der Waals surface area (Å²) in [5, 5.41) is 90.4. The molecule has 11 N–H and O–H groups in total. The lowest BCUT2D eigenvalue weighted by Gasteiger charge is -2.43. The molecule has 0 bridgehead atoms. The smallest absolute Gasteiger partial charge is 0.187 e. The quantitative estimate of drug-likeness (QED) is 0.0869. The molecule has 3 aliphatic heterocycles. The van der Waals surface area contributed by atoms with Crippen molar-refractivity contribution >= 4 is 0 Å². The molecule has 3 heterocycles. The van der Waals surface area contributed by atoms with Crippen molar-refractivity contribution in [2.45, 2.75) is 112 Å². The number of hydrogen-bond donors (Lipinski definition) is 10. The third-order valence-electron chi connectivity index (χ3n) is 7.11. The van der Waals surface area contributed by atoms with Crippen LogP contribution in [0, 0.1) is 0 Å². The maximum atomic E-state index is 10.5. The molecule has 16 nitrogen and oxygen atoms in total. The fourth-order valence-corrected chi connectivity index (χ4v) is 4.75. The third kappa shape index (κ3) is 7.81. The van der Waals surface area contributed by atoms with E-state index in [1.54, 1.807) is 0 Å². The Morgan fingerprint density at radius 3 is 1.46 bits per heavy atom. The van der Waals surface area contributed by atoms with Crippen molar-refractivity contribution in [3.63, 3.8) is 0 Å². The van der Waals surface area contributed by atoms with Crippen LogP contribution in [0.15, 0.2) is 0 Å². The zero-order valence-electron chi connectivity index (χ0n) is 21.5. The Balaban J connectivity index is 1.79. The summed E-state index contributed by atoms with van der Waals surface area (Å²) < 4.78 is 34.2. The van der Waals surface area contributed by atoms with Gasteiger partial charge in [-0.3, -0.25) is 0 Å². The highest BCUT2D eigenvalue weighted by Gasteiger charge is 2.54. The van der Waals surface area contributed by atoms with E-state index in [1.165, 1.54) is 0 Å². The van der Waals surface area contributed by atoms with Crippen LogP contribution in [0.3, 0.4) is 0 Å². The van der Waals surface area contributed by atoms with Crippen molar-refractivity contribution in [2.24, 2.45) is 5.73 Å². The van der Waals surface area contributed by atoms with Gasteiger partial charge in [0.2, 0.25) is 0 Å². The summed E-state index contributed by atoms with van der Waals surface area (Å²) in [6, 6.07) is 0. The molecule has 0 aromatic rings. The maximum absolute atomic E-state index is 10.5. The molecule has 0 saturated carbocycles. The number of rotatable bonds is 14. The molecule has 39 heavy (non-hydrogen) atoms. The molecule has 230 valence electrons. The average molecular weight is 574 g/mol. The first-order valence-corrected chi connectivity index (χ1v) is 13.2. The van der Waals surface area contributed by atoms with E-state index in [2.05, 4.69) is 0 Å². The van der Waals surface area contributed by atoms with Crippen molar-refractivity contribution in [1.29, 1.82) is 0 Å². The molecular weight excluding hydrogens is 530 g/mol. The number of aliphatic hydroxyl groups excluding tert-OH is 9. The highest BCUT2D eigenvalue weighted by molar-refractivity contribution is 4.96. The van der Waals surface area contributed by atoms with Crippen LogP contribution >= 0.6 is 0 Å². The van der Waals surface area contributed by atoms with E-state index in [-0.39, 0.29) is 6.61 Å². The van der Waals surface area contributed by atoms with Crippen LogP contribution in [-0.2, 0) is 28.4 Å². The summed E-state index contributed by atoms with van der Waals surface area (Å²) in [6.07, 6.45) is -17.7. The molecule has 0 aliphatic carbocycles. The predicted molar refractivity (Wildman–Crippen MR) is 127 cm³/mol. The van der Waals surface area contributed by atoms with Crippen LogP contribution in [0.25, 0.3) is 0 Å². The molecule has 0 aromatic heterocycles. The van der Waals surface area contributed by atoms with Crippen molar-refractivity contribution in [3.8, 4) is 0 Å². The van der Waals surface area contributed by atoms with Crippen LogP contribution in [0.2, 0.25) is 0 Å². The monoisotopic (exact) mass is 573 g/mol. The summed E-state index contributed by atoms with van der Waals surface area (Å²) in [7, 11) is 0. The van der Waals surface area contributed by atoms with E-state index in [4.69, 9.17) is 34.2 Å². The van der Waals surface area contributed by atoms with E-state index >= 15 is 0 Å². The normalized spacial score (nSPS) is 45.1. The minimum Gasteiger partial charge on any atom is -0.394 e. The zero-order chi connectivity index (χ0) is 28.7. The van der Waals surface area contributed by atoms with Gasteiger partial charge in [-0.15, -0.1) is 0 Å². The molecule has 0 unspecified atom stereocenters. The van der Waals surface area contributed by atoms with Crippen LogP contribution in [0.5, 0.6) is 0 Å². The minimum absolute atomic E-state index is 0.203. The molecule has 16 heteroatoms. The van der Waals surface area contributed by atoms with E-state index in [1.807, 2.05) is 0 Å². The van der Waals surface area contributed by atoms with Gasteiger partial charge >= 0.3 is 0 Å². The van der Waals surface area contributed by atoms with Crippen molar-refractivity contribution in [1.82, 2.24) is 0 Å². The second-order valence-corrected chi connectivity index (χ2v) is 9.90. The summed E-state index contributed by atoms with van der Waals surface area (Å²) in [4.78, 5) is 0.